The molecule has 0 aromatic heterocycles. The van der Waals surface area contributed by atoms with Crippen LogP contribution in [0.5, 0.6) is 0 Å². The summed E-state index contributed by atoms with van der Waals surface area (Å²) in [6.07, 6.45) is 65.0. The van der Waals surface area contributed by atoms with Gasteiger partial charge in [0.25, 0.3) is 0 Å². The van der Waals surface area contributed by atoms with Crippen molar-refractivity contribution < 1.29 is 89.4 Å². The number of carbonyl (C=O) groups is 1. The first-order valence-electron chi connectivity index (χ1n) is 47.1. The van der Waals surface area contributed by atoms with Gasteiger partial charge < -0.3 is 89.9 Å². The van der Waals surface area contributed by atoms with Crippen LogP contribution in [0.4, 0.5) is 0 Å². The monoisotopic (exact) mass is 1580 g/mol. The molecule has 3 heterocycles. The molecule has 3 aliphatic heterocycles. The van der Waals surface area contributed by atoms with Gasteiger partial charge in [-0.3, -0.25) is 4.79 Å². The van der Waals surface area contributed by atoms with Crippen LogP contribution >= 0.6 is 0 Å². The third kappa shape index (κ3) is 50.7. The third-order valence-electron chi connectivity index (χ3n) is 23.8. The van der Waals surface area contributed by atoms with E-state index < -0.39 is 124 Å². The largest absolute Gasteiger partial charge is 0.394 e. The molecule has 0 saturated carbocycles. The molecule has 0 bridgehead atoms. The van der Waals surface area contributed by atoms with Crippen molar-refractivity contribution in [3.63, 3.8) is 0 Å². The van der Waals surface area contributed by atoms with Crippen molar-refractivity contribution >= 4 is 5.91 Å². The van der Waals surface area contributed by atoms with E-state index >= 15 is 0 Å². The third-order valence-corrected chi connectivity index (χ3v) is 23.8. The van der Waals surface area contributed by atoms with Gasteiger partial charge in [-0.15, -0.1) is 0 Å². The number of aliphatic hydroxyl groups is 11. The fourth-order valence-corrected chi connectivity index (χ4v) is 16.3. The highest BCUT2D eigenvalue weighted by Crippen LogP contribution is 2.34. The number of hydrogen-bond acceptors (Lipinski definition) is 18. The molecule has 1 amide bonds. The number of unbranched alkanes of at least 4 members (excludes halogenated alkanes) is 60. The summed E-state index contributed by atoms with van der Waals surface area (Å²) in [5.41, 5.74) is 0. The van der Waals surface area contributed by atoms with Gasteiger partial charge in [0, 0.05) is 6.42 Å². The molecule has 3 rings (SSSR count). The zero-order chi connectivity index (χ0) is 80.3. The summed E-state index contributed by atoms with van der Waals surface area (Å²) in [6.45, 7) is 1.80. The molecule has 3 aliphatic rings. The number of rotatable bonds is 78. The molecule has 0 aliphatic carbocycles. The number of carbonyl (C=O) groups excluding carboxylic acids is 1. The standard InChI is InChI=1S/C92H175NO18/c1-3-5-7-9-11-13-15-17-19-21-23-25-27-29-31-33-35-37-39-41-43-45-47-49-51-53-55-57-59-61-63-65-67-69-76(97)75(74-106-90-86(104)83(101)88(78(72-95)108-90)111-92-87(105)84(102)89(79(73-96)109-92)110-91-85(103)82(100)81(99)77(71-94)107-91)93-80(98)70-68-66-64-62-60-58-56-54-52-50-48-46-44-42-40-38-36-34-32-30-28-26-24-22-20-18-16-14-12-10-8-6-4-2/h59,61,67,69,75-79,81-92,94-97,99-105H,3-58,60,62-66,68,70-74H2,1-2H3,(H,93,98)/b61-59+,69-67+. The molecule has 656 valence electrons. The SMILES string of the molecule is CCCCCCCCCCCCCCCCCCCCCCCCCCCCC/C=C/CC/C=C/C(O)C(COC1OC(CO)C(OC2OC(CO)C(OC3OC(CO)C(O)C(O)C3O)C(O)C2O)C(O)C1O)NC(=O)CCCCCCCCCCCCCCCCCCCCCCCCCCCCCCCCCCC. The lowest BCUT2D eigenvalue weighted by atomic mass is 9.96. The van der Waals surface area contributed by atoms with Gasteiger partial charge >= 0.3 is 0 Å². The lowest BCUT2D eigenvalue weighted by Gasteiger charge is -2.48. The van der Waals surface area contributed by atoms with E-state index in [0.29, 0.717) is 12.8 Å². The Kier molecular flexibility index (Phi) is 67.4. The van der Waals surface area contributed by atoms with E-state index in [0.717, 1.165) is 38.5 Å². The van der Waals surface area contributed by atoms with Crippen molar-refractivity contribution in [1.29, 1.82) is 0 Å². The van der Waals surface area contributed by atoms with Crippen LogP contribution in [-0.2, 0) is 33.2 Å². The summed E-state index contributed by atoms with van der Waals surface area (Å²) in [6, 6.07) is -0.990. The fourth-order valence-electron chi connectivity index (χ4n) is 16.3. The molecule has 0 radical (unpaired) electrons. The average Bonchev–Trinajstić information content (AvgIpc) is 0.780. The van der Waals surface area contributed by atoms with Gasteiger partial charge in [0.1, 0.15) is 73.2 Å². The van der Waals surface area contributed by atoms with Crippen molar-refractivity contribution in [2.45, 2.75) is 529 Å². The van der Waals surface area contributed by atoms with Gasteiger partial charge in [0.2, 0.25) is 5.91 Å². The van der Waals surface area contributed by atoms with Crippen LogP contribution in [0.25, 0.3) is 0 Å². The van der Waals surface area contributed by atoms with Gasteiger partial charge in [-0.1, -0.05) is 411 Å². The summed E-state index contributed by atoms with van der Waals surface area (Å²) < 4.78 is 34.5. The summed E-state index contributed by atoms with van der Waals surface area (Å²) >= 11 is 0. The maximum absolute atomic E-state index is 13.5. The maximum Gasteiger partial charge on any atom is 0.220 e. The second-order valence-corrected chi connectivity index (χ2v) is 33.8. The highest BCUT2D eigenvalue weighted by atomic mass is 16.8. The summed E-state index contributed by atoms with van der Waals surface area (Å²) in [5.74, 6) is -0.275. The van der Waals surface area contributed by atoms with Crippen LogP contribution in [0.15, 0.2) is 24.3 Å². The molecule has 19 heteroatoms. The molecule has 17 unspecified atom stereocenters. The minimum absolute atomic E-state index is 0.241. The molecular formula is C92H175NO18. The van der Waals surface area contributed by atoms with E-state index in [9.17, 15) is 61.0 Å². The van der Waals surface area contributed by atoms with E-state index in [2.05, 4.69) is 31.3 Å². The van der Waals surface area contributed by atoms with Crippen molar-refractivity contribution in [3.05, 3.63) is 24.3 Å². The van der Waals surface area contributed by atoms with E-state index in [4.69, 9.17) is 28.4 Å². The molecule has 0 aromatic rings. The molecule has 12 N–H and O–H groups in total. The maximum atomic E-state index is 13.5. The van der Waals surface area contributed by atoms with Gasteiger partial charge in [-0.25, -0.2) is 0 Å². The van der Waals surface area contributed by atoms with Crippen molar-refractivity contribution in [2.75, 3.05) is 26.4 Å². The highest BCUT2D eigenvalue weighted by molar-refractivity contribution is 5.76. The average molecular weight is 1580 g/mol. The van der Waals surface area contributed by atoms with Crippen molar-refractivity contribution in [2.24, 2.45) is 0 Å². The summed E-state index contributed by atoms with van der Waals surface area (Å²) in [5, 5.41) is 121. The fraction of sp³-hybridized carbons (Fsp3) is 0.946. The van der Waals surface area contributed by atoms with E-state index in [1.54, 1.807) is 6.08 Å². The number of ether oxygens (including phenoxy) is 6. The molecule has 17 atom stereocenters. The number of nitrogens with one attached hydrogen (secondary N) is 1. The minimum atomic E-state index is -1.98. The van der Waals surface area contributed by atoms with Crippen LogP contribution in [0.1, 0.15) is 425 Å². The normalized spacial score (nSPS) is 25.1. The van der Waals surface area contributed by atoms with Gasteiger partial charge in [0.05, 0.1) is 38.6 Å². The lowest BCUT2D eigenvalue weighted by molar-refractivity contribution is -0.379. The molecule has 19 nitrogen and oxygen atoms in total. The Labute approximate surface area is 677 Å². The topological polar surface area (TPSA) is 307 Å². The Morgan fingerprint density at radius 3 is 0.901 bits per heavy atom. The van der Waals surface area contributed by atoms with Gasteiger partial charge in [0.15, 0.2) is 18.9 Å². The first-order valence-corrected chi connectivity index (χ1v) is 47.1. The minimum Gasteiger partial charge on any atom is -0.394 e. The Hall–Kier alpha value is -1.73. The van der Waals surface area contributed by atoms with Gasteiger partial charge in [-0.2, -0.15) is 0 Å². The molecular weight excluding hydrogens is 1410 g/mol. The lowest BCUT2D eigenvalue weighted by Crippen LogP contribution is -2.66. The van der Waals surface area contributed by atoms with Crippen LogP contribution in [0, 0.1) is 0 Å². The van der Waals surface area contributed by atoms with E-state index in [1.807, 2.05) is 6.08 Å². The van der Waals surface area contributed by atoms with E-state index in [-0.39, 0.29) is 18.9 Å². The smallest absolute Gasteiger partial charge is 0.220 e. The summed E-state index contributed by atoms with van der Waals surface area (Å²) in [7, 11) is 0. The second kappa shape index (κ2) is 72.3. The first-order chi connectivity index (χ1) is 54.3. The second-order valence-electron chi connectivity index (χ2n) is 33.8. The van der Waals surface area contributed by atoms with Crippen molar-refractivity contribution in [3.8, 4) is 0 Å². The predicted octanol–water partition coefficient (Wildman–Crippen LogP) is 18.4. The van der Waals surface area contributed by atoms with Gasteiger partial charge in [-0.05, 0) is 32.1 Å². The molecule has 3 saturated heterocycles. The zero-order valence-corrected chi connectivity index (χ0v) is 71.0. The van der Waals surface area contributed by atoms with Crippen LogP contribution in [-0.4, -0.2) is 193 Å². The Morgan fingerprint density at radius 2 is 0.577 bits per heavy atom. The molecule has 0 spiro atoms. The molecule has 0 aromatic carbocycles. The zero-order valence-electron chi connectivity index (χ0n) is 71.0. The number of amides is 1. The number of hydrogen-bond donors (Lipinski definition) is 12. The highest BCUT2D eigenvalue weighted by Gasteiger charge is 2.54. The molecule has 3 fully saturated rings. The first kappa shape index (κ1) is 103. The quantitative estimate of drug-likeness (QED) is 0.0199. The summed E-state index contributed by atoms with van der Waals surface area (Å²) in [4.78, 5) is 13.5. The van der Waals surface area contributed by atoms with Crippen molar-refractivity contribution in [1.82, 2.24) is 5.32 Å². The predicted molar refractivity (Wildman–Crippen MR) is 448 cm³/mol. The van der Waals surface area contributed by atoms with E-state index in [1.165, 1.54) is 353 Å². The van der Waals surface area contributed by atoms with Crippen LogP contribution in [0.2, 0.25) is 0 Å². The molecule has 111 heavy (non-hydrogen) atoms. The Bertz CT molecular complexity index is 2090. The van der Waals surface area contributed by atoms with Crippen LogP contribution < -0.4 is 5.32 Å². The Balaban J connectivity index is 1.32. The number of allylic oxidation sites excluding steroid dienone is 3. The van der Waals surface area contributed by atoms with Crippen LogP contribution in [0.3, 0.4) is 0 Å². The number of aliphatic hydroxyl groups excluding tert-OH is 11. The Morgan fingerprint density at radius 1 is 0.315 bits per heavy atom.